The quantitative estimate of drug-likeness (QED) is 0.695. The second kappa shape index (κ2) is 9.27. The van der Waals surface area contributed by atoms with E-state index in [-0.39, 0.29) is 6.61 Å². The molecule has 0 spiro atoms. The Kier molecular flexibility index (Phi) is 6.77. The Hall–Kier alpha value is -2.29. The van der Waals surface area contributed by atoms with Gasteiger partial charge in [-0.15, -0.1) is 0 Å². The number of piperazine rings is 1. The van der Waals surface area contributed by atoms with Crippen LogP contribution in [0.4, 0.5) is 11.4 Å². The van der Waals surface area contributed by atoms with Crippen LogP contribution in [-0.4, -0.2) is 70.1 Å². The summed E-state index contributed by atoms with van der Waals surface area (Å²) in [6.07, 6.45) is 0.604. The van der Waals surface area contributed by atoms with Gasteiger partial charge in [0.05, 0.1) is 6.26 Å². The Balaban J connectivity index is 1.42. The smallest absolute Gasteiger partial charge is 0.229 e. The molecule has 2 N–H and O–H groups in total. The summed E-state index contributed by atoms with van der Waals surface area (Å²) >= 11 is 0. The number of β-amino-alcohol motifs (C(OH)–C–C–N with tert-alkyl or cyclic N) is 1. The zero-order valence-corrected chi connectivity index (χ0v) is 16.8. The second-order valence-corrected chi connectivity index (χ2v) is 8.74. The molecule has 1 heterocycles. The van der Waals surface area contributed by atoms with Gasteiger partial charge in [0.1, 0.15) is 18.5 Å². The van der Waals surface area contributed by atoms with Crippen molar-refractivity contribution < 1.29 is 18.3 Å². The molecule has 0 aromatic heterocycles. The number of rotatable bonds is 8. The van der Waals surface area contributed by atoms with E-state index in [9.17, 15) is 13.5 Å². The molecule has 1 atom stereocenters. The molecule has 152 valence electrons. The Labute approximate surface area is 166 Å². The second-order valence-electron chi connectivity index (χ2n) is 6.99. The first-order valence-corrected chi connectivity index (χ1v) is 11.2. The molecule has 1 aliphatic rings. The Morgan fingerprint density at radius 2 is 1.68 bits per heavy atom. The molecule has 2 aromatic carbocycles. The predicted octanol–water partition coefficient (Wildman–Crippen LogP) is 1.62. The van der Waals surface area contributed by atoms with Crippen LogP contribution < -0.4 is 14.4 Å². The van der Waals surface area contributed by atoms with Crippen LogP contribution in [0, 0.1) is 0 Å². The van der Waals surface area contributed by atoms with Gasteiger partial charge in [0.25, 0.3) is 0 Å². The fourth-order valence-corrected chi connectivity index (χ4v) is 3.77. The van der Waals surface area contributed by atoms with E-state index in [2.05, 4.69) is 14.5 Å². The first kappa shape index (κ1) is 20.4. The van der Waals surface area contributed by atoms with Gasteiger partial charge >= 0.3 is 0 Å². The average molecular weight is 406 g/mol. The minimum Gasteiger partial charge on any atom is -0.491 e. The third-order valence-corrected chi connectivity index (χ3v) is 5.17. The number of hydrogen-bond acceptors (Lipinski definition) is 6. The van der Waals surface area contributed by atoms with E-state index < -0.39 is 16.1 Å². The van der Waals surface area contributed by atoms with E-state index in [1.54, 1.807) is 12.1 Å². The minimum absolute atomic E-state index is 0.277. The predicted molar refractivity (Wildman–Crippen MR) is 112 cm³/mol. The van der Waals surface area contributed by atoms with Crippen molar-refractivity contribution in [2.45, 2.75) is 6.10 Å². The fraction of sp³-hybridized carbons (Fsp3) is 0.400. The highest BCUT2D eigenvalue weighted by Gasteiger charge is 2.20. The molecule has 7 nitrogen and oxygen atoms in total. The van der Waals surface area contributed by atoms with Crippen LogP contribution in [0.1, 0.15) is 0 Å². The Morgan fingerprint density at radius 1 is 1.04 bits per heavy atom. The maximum absolute atomic E-state index is 11.3. The van der Waals surface area contributed by atoms with Crippen LogP contribution in [0.15, 0.2) is 54.6 Å². The third kappa shape index (κ3) is 6.40. The first-order valence-electron chi connectivity index (χ1n) is 9.30. The number of hydrogen-bond donors (Lipinski definition) is 2. The van der Waals surface area contributed by atoms with Crippen molar-refractivity contribution in [2.24, 2.45) is 0 Å². The van der Waals surface area contributed by atoms with E-state index in [1.807, 2.05) is 42.5 Å². The van der Waals surface area contributed by atoms with Crippen molar-refractivity contribution >= 4 is 21.4 Å². The molecule has 1 fully saturated rings. The molecule has 1 unspecified atom stereocenters. The van der Waals surface area contributed by atoms with E-state index in [4.69, 9.17) is 4.74 Å². The van der Waals surface area contributed by atoms with E-state index >= 15 is 0 Å². The molecular weight excluding hydrogens is 378 g/mol. The van der Waals surface area contributed by atoms with Crippen molar-refractivity contribution in [2.75, 3.05) is 55.2 Å². The SMILES string of the molecule is CS(=O)(=O)Nc1ccc(N2CCN(CC(O)COc3ccccc3)CC2)cc1. The number of sulfonamides is 1. The molecule has 1 saturated heterocycles. The van der Waals surface area contributed by atoms with Crippen LogP contribution in [-0.2, 0) is 10.0 Å². The highest BCUT2D eigenvalue weighted by atomic mass is 32.2. The van der Waals surface area contributed by atoms with Crippen molar-refractivity contribution in [3.05, 3.63) is 54.6 Å². The van der Waals surface area contributed by atoms with Gasteiger partial charge in [-0.05, 0) is 36.4 Å². The van der Waals surface area contributed by atoms with Gasteiger partial charge in [-0.3, -0.25) is 9.62 Å². The summed E-state index contributed by atoms with van der Waals surface area (Å²) in [5.41, 5.74) is 1.62. The summed E-state index contributed by atoms with van der Waals surface area (Å²) < 4.78 is 30.6. The van der Waals surface area contributed by atoms with Crippen molar-refractivity contribution in [1.29, 1.82) is 0 Å². The molecule has 1 aliphatic heterocycles. The van der Waals surface area contributed by atoms with Gasteiger partial charge in [0.15, 0.2) is 0 Å². The lowest BCUT2D eigenvalue weighted by Crippen LogP contribution is -2.49. The molecule has 0 bridgehead atoms. The summed E-state index contributed by atoms with van der Waals surface area (Å²) in [6.45, 7) is 4.27. The number of aliphatic hydroxyl groups is 1. The Bertz CT molecular complexity index is 836. The first-order chi connectivity index (χ1) is 13.4. The zero-order valence-electron chi connectivity index (χ0n) is 16.0. The highest BCUT2D eigenvalue weighted by molar-refractivity contribution is 7.92. The maximum Gasteiger partial charge on any atom is 0.229 e. The molecule has 2 aromatic rings. The molecule has 0 aliphatic carbocycles. The number of ether oxygens (including phenoxy) is 1. The van der Waals surface area contributed by atoms with Crippen LogP contribution in [0.2, 0.25) is 0 Å². The minimum atomic E-state index is -3.26. The number of nitrogens with one attached hydrogen (secondary N) is 1. The third-order valence-electron chi connectivity index (χ3n) is 4.56. The molecular formula is C20H27N3O4S. The van der Waals surface area contributed by atoms with Crippen molar-refractivity contribution in [3.63, 3.8) is 0 Å². The molecule has 0 radical (unpaired) electrons. The van der Waals surface area contributed by atoms with Gasteiger partial charge in [-0.25, -0.2) is 8.42 Å². The Morgan fingerprint density at radius 3 is 2.29 bits per heavy atom. The van der Waals surface area contributed by atoms with Crippen LogP contribution in [0.5, 0.6) is 5.75 Å². The highest BCUT2D eigenvalue weighted by Crippen LogP contribution is 2.20. The summed E-state index contributed by atoms with van der Waals surface area (Å²) in [5.74, 6) is 0.764. The monoisotopic (exact) mass is 405 g/mol. The number of benzene rings is 2. The van der Waals surface area contributed by atoms with Crippen molar-refractivity contribution in [3.8, 4) is 5.75 Å². The zero-order chi connectivity index (χ0) is 20.0. The topological polar surface area (TPSA) is 82.1 Å². The number of nitrogens with zero attached hydrogens (tertiary/aromatic N) is 2. The lowest BCUT2D eigenvalue weighted by atomic mass is 10.2. The van der Waals surface area contributed by atoms with Gasteiger partial charge in [-0.2, -0.15) is 0 Å². The summed E-state index contributed by atoms with van der Waals surface area (Å²) in [4.78, 5) is 4.49. The molecule has 0 saturated carbocycles. The normalized spacial score (nSPS) is 16.6. The van der Waals surface area contributed by atoms with Gasteiger partial charge in [0.2, 0.25) is 10.0 Å². The standard InChI is InChI=1S/C20H27N3O4S/c1-28(25,26)21-17-7-9-18(10-8-17)23-13-11-22(12-14-23)15-19(24)16-27-20-5-3-2-4-6-20/h2-10,19,21,24H,11-16H2,1H3. The van der Waals surface area contributed by atoms with E-state index in [0.717, 1.165) is 43.9 Å². The lowest BCUT2D eigenvalue weighted by molar-refractivity contribution is 0.0663. The van der Waals surface area contributed by atoms with Gasteiger partial charge in [-0.1, -0.05) is 18.2 Å². The molecule has 8 heteroatoms. The van der Waals surface area contributed by atoms with Crippen LogP contribution in [0.25, 0.3) is 0 Å². The van der Waals surface area contributed by atoms with E-state index in [1.165, 1.54) is 0 Å². The van der Waals surface area contributed by atoms with Crippen LogP contribution in [0.3, 0.4) is 0 Å². The summed E-state index contributed by atoms with van der Waals surface area (Å²) in [7, 11) is -3.26. The maximum atomic E-state index is 11.3. The lowest BCUT2D eigenvalue weighted by Gasteiger charge is -2.36. The summed E-state index contributed by atoms with van der Waals surface area (Å²) in [5, 5.41) is 10.2. The van der Waals surface area contributed by atoms with Gasteiger partial charge < -0.3 is 14.7 Å². The van der Waals surface area contributed by atoms with Gasteiger partial charge in [0, 0.05) is 44.1 Å². The molecule has 28 heavy (non-hydrogen) atoms. The average Bonchev–Trinajstić information content (AvgIpc) is 2.67. The molecule has 3 rings (SSSR count). The number of aliphatic hydroxyl groups excluding tert-OH is 1. The van der Waals surface area contributed by atoms with Crippen LogP contribution >= 0.6 is 0 Å². The number of para-hydroxylation sites is 1. The van der Waals surface area contributed by atoms with E-state index in [0.29, 0.717) is 12.2 Å². The molecule has 0 amide bonds. The fourth-order valence-electron chi connectivity index (χ4n) is 3.20. The number of anilines is 2. The van der Waals surface area contributed by atoms with Crippen molar-refractivity contribution in [1.82, 2.24) is 4.90 Å². The largest absolute Gasteiger partial charge is 0.491 e. The summed E-state index contributed by atoms with van der Waals surface area (Å²) in [6, 6.07) is 16.9.